The average Bonchev–Trinajstić information content (AvgIpc) is 2.53. The van der Waals surface area contributed by atoms with Gasteiger partial charge in [-0.2, -0.15) is 0 Å². The maximum absolute atomic E-state index is 12.1. The lowest BCUT2D eigenvalue weighted by Crippen LogP contribution is -2.23. The van der Waals surface area contributed by atoms with Crippen LogP contribution >= 0.6 is 0 Å². The van der Waals surface area contributed by atoms with E-state index in [1.54, 1.807) is 19.2 Å². The predicted octanol–water partition coefficient (Wildman–Crippen LogP) is 2.08. The van der Waals surface area contributed by atoms with Gasteiger partial charge in [-0.1, -0.05) is 36.4 Å². The van der Waals surface area contributed by atoms with Crippen molar-refractivity contribution in [1.82, 2.24) is 5.32 Å². The van der Waals surface area contributed by atoms with Crippen molar-refractivity contribution in [3.8, 4) is 5.75 Å². The second-order valence-electron chi connectivity index (χ2n) is 4.40. The molecular weight excluding hydrogens is 252 g/mol. The van der Waals surface area contributed by atoms with E-state index >= 15 is 0 Å². The van der Waals surface area contributed by atoms with E-state index < -0.39 is 0 Å². The fraction of sp³-hybridized carbons (Fsp3) is 0.188. The largest absolute Gasteiger partial charge is 0.496 e. The Balaban J connectivity index is 2.01. The van der Waals surface area contributed by atoms with Gasteiger partial charge < -0.3 is 15.8 Å². The van der Waals surface area contributed by atoms with E-state index in [9.17, 15) is 4.79 Å². The minimum atomic E-state index is -0.148. The van der Waals surface area contributed by atoms with E-state index in [1.807, 2.05) is 36.4 Å². The van der Waals surface area contributed by atoms with Gasteiger partial charge in [-0.25, -0.2) is 0 Å². The van der Waals surface area contributed by atoms with Crippen molar-refractivity contribution in [3.63, 3.8) is 0 Å². The lowest BCUT2D eigenvalue weighted by molar-refractivity contribution is 0.0948. The molecule has 0 aliphatic heterocycles. The van der Waals surface area contributed by atoms with Crippen LogP contribution in [-0.2, 0) is 13.1 Å². The summed E-state index contributed by atoms with van der Waals surface area (Å²) in [5.41, 5.74) is 8.19. The topological polar surface area (TPSA) is 64.3 Å². The zero-order chi connectivity index (χ0) is 14.4. The molecule has 0 unspecified atom stereocenters. The first-order valence-corrected chi connectivity index (χ1v) is 6.43. The maximum atomic E-state index is 12.1. The van der Waals surface area contributed by atoms with E-state index in [2.05, 4.69) is 5.32 Å². The molecule has 2 rings (SSSR count). The molecule has 3 N–H and O–H groups in total. The van der Waals surface area contributed by atoms with Crippen molar-refractivity contribution in [1.29, 1.82) is 0 Å². The molecule has 0 saturated heterocycles. The predicted molar refractivity (Wildman–Crippen MR) is 78.5 cm³/mol. The molecule has 0 aliphatic carbocycles. The van der Waals surface area contributed by atoms with Crippen molar-refractivity contribution >= 4 is 5.91 Å². The van der Waals surface area contributed by atoms with Gasteiger partial charge in [0, 0.05) is 13.1 Å². The Morgan fingerprint density at radius 2 is 1.75 bits per heavy atom. The minimum absolute atomic E-state index is 0.148. The SMILES string of the molecule is COc1ccccc1C(=O)NCc1ccc(CN)cc1. The highest BCUT2D eigenvalue weighted by Crippen LogP contribution is 2.17. The van der Waals surface area contributed by atoms with Crippen molar-refractivity contribution in [2.45, 2.75) is 13.1 Å². The number of methoxy groups -OCH3 is 1. The molecule has 0 spiro atoms. The molecule has 0 fully saturated rings. The summed E-state index contributed by atoms with van der Waals surface area (Å²) in [5.74, 6) is 0.425. The fourth-order valence-corrected chi connectivity index (χ4v) is 1.90. The Morgan fingerprint density at radius 1 is 1.10 bits per heavy atom. The molecule has 2 aromatic carbocycles. The Morgan fingerprint density at radius 3 is 2.40 bits per heavy atom. The number of benzene rings is 2. The molecule has 0 bridgehead atoms. The van der Waals surface area contributed by atoms with Crippen LogP contribution in [0.5, 0.6) is 5.75 Å². The normalized spacial score (nSPS) is 10.1. The summed E-state index contributed by atoms with van der Waals surface area (Å²) in [7, 11) is 1.55. The molecular formula is C16H18N2O2. The Kier molecular flexibility index (Phi) is 4.74. The Labute approximate surface area is 118 Å². The first-order valence-electron chi connectivity index (χ1n) is 6.43. The second kappa shape index (κ2) is 6.73. The average molecular weight is 270 g/mol. The van der Waals surface area contributed by atoms with Crippen molar-refractivity contribution in [2.75, 3.05) is 7.11 Å². The summed E-state index contributed by atoms with van der Waals surface area (Å²) in [6, 6.07) is 15.0. The minimum Gasteiger partial charge on any atom is -0.496 e. The highest BCUT2D eigenvalue weighted by Gasteiger charge is 2.10. The summed E-state index contributed by atoms with van der Waals surface area (Å²) in [4.78, 5) is 12.1. The standard InChI is InChI=1S/C16H18N2O2/c1-20-15-5-3-2-4-14(15)16(19)18-11-13-8-6-12(10-17)7-9-13/h2-9H,10-11,17H2,1H3,(H,18,19). The quantitative estimate of drug-likeness (QED) is 0.874. The lowest BCUT2D eigenvalue weighted by atomic mass is 10.1. The van der Waals surface area contributed by atoms with Crippen LogP contribution in [0.25, 0.3) is 0 Å². The van der Waals surface area contributed by atoms with Crippen LogP contribution in [0.3, 0.4) is 0 Å². The molecule has 1 amide bonds. The number of nitrogens with two attached hydrogens (primary N) is 1. The van der Waals surface area contributed by atoms with E-state index in [-0.39, 0.29) is 5.91 Å². The van der Waals surface area contributed by atoms with Crippen LogP contribution in [0.1, 0.15) is 21.5 Å². The number of nitrogens with one attached hydrogen (secondary N) is 1. The highest BCUT2D eigenvalue weighted by molar-refractivity contribution is 5.96. The summed E-state index contributed by atoms with van der Waals surface area (Å²) >= 11 is 0. The van der Waals surface area contributed by atoms with Crippen molar-refractivity contribution in [3.05, 3.63) is 65.2 Å². The number of hydrogen-bond acceptors (Lipinski definition) is 3. The fourth-order valence-electron chi connectivity index (χ4n) is 1.90. The molecule has 0 radical (unpaired) electrons. The van der Waals surface area contributed by atoms with Gasteiger partial charge in [0.25, 0.3) is 5.91 Å². The van der Waals surface area contributed by atoms with Crippen LogP contribution < -0.4 is 15.8 Å². The van der Waals surface area contributed by atoms with Gasteiger partial charge in [-0.05, 0) is 23.3 Å². The number of carbonyl (C=O) groups is 1. The van der Waals surface area contributed by atoms with E-state index in [0.717, 1.165) is 11.1 Å². The smallest absolute Gasteiger partial charge is 0.255 e. The van der Waals surface area contributed by atoms with Crippen LogP contribution in [0.4, 0.5) is 0 Å². The second-order valence-corrected chi connectivity index (χ2v) is 4.40. The molecule has 0 aromatic heterocycles. The number of carbonyl (C=O) groups excluding carboxylic acids is 1. The Bertz CT molecular complexity index is 579. The first-order chi connectivity index (χ1) is 9.74. The van der Waals surface area contributed by atoms with Gasteiger partial charge in [0.15, 0.2) is 0 Å². The van der Waals surface area contributed by atoms with Gasteiger partial charge in [0.05, 0.1) is 12.7 Å². The van der Waals surface area contributed by atoms with Gasteiger partial charge in [-0.15, -0.1) is 0 Å². The van der Waals surface area contributed by atoms with Gasteiger partial charge >= 0.3 is 0 Å². The lowest BCUT2D eigenvalue weighted by Gasteiger charge is -2.09. The first kappa shape index (κ1) is 14.1. The number of para-hydroxylation sites is 1. The molecule has 4 heteroatoms. The summed E-state index contributed by atoms with van der Waals surface area (Å²) in [5, 5.41) is 2.88. The molecule has 2 aromatic rings. The number of rotatable bonds is 5. The van der Waals surface area contributed by atoms with Crippen LogP contribution in [0, 0.1) is 0 Å². The highest BCUT2D eigenvalue weighted by atomic mass is 16.5. The molecule has 4 nitrogen and oxygen atoms in total. The Hall–Kier alpha value is -2.33. The van der Waals surface area contributed by atoms with Crippen LogP contribution in [0.15, 0.2) is 48.5 Å². The molecule has 0 aliphatic rings. The maximum Gasteiger partial charge on any atom is 0.255 e. The summed E-state index contributed by atoms with van der Waals surface area (Å²) in [6.45, 7) is 0.996. The third kappa shape index (κ3) is 3.36. The van der Waals surface area contributed by atoms with E-state index in [1.165, 1.54) is 0 Å². The third-order valence-electron chi connectivity index (χ3n) is 3.06. The molecule has 20 heavy (non-hydrogen) atoms. The number of ether oxygens (including phenoxy) is 1. The van der Waals surface area contributed by atoms with Crippen LogP contribution in [0.2, 0.25) is 0 Å². The summed E-state index contributed by atoms with van der Waals surface area (Å²) < 4.78 is 5.17. The zero-order valence-electron chi connectivity index (χ0n) is 11.4. The molecule has 104 valence electrons. The molecule has 0 atom stereocenters. The van der Waals surface area contributed by atoms with Crippen LogP contribution in [-0.4, -0.2) is 13.0 Å². The van der Waals surface area contributed by atoms with Gasteiger partial charge in [-0.3, -0.25) is 4.79 Å². The molecule has 0 saturated carbocycles. The van der Waals surface area contributed by atoms with E-state index in [0.29, 0.717) is 24.4 Å². The zero-order valence-corrected chi connectivity index (χ0v) is 11.4. The van der Waals surface area contributed by atoms with E-state index in [4.69, 9.17) is 10.5 Å². The van der Waals surface area contributed by atoms with Gasteiger partial charge in [0.2, 0.25) is 0 Å². The monoisotopic (exact) mass is 270 g/mol. The van der Waals surface area contributed by atoms with Gasteiger partial charge in [0.1, 0.15) is 5.75 Å². The third-order valence-corrected chi connectivity index (χ3v) is 3.06. The van der Waals surface area contributed by atoms with Crippen molar-refractivity contribution in [2.24, 2.45) is 5.73 Å². The summed E-state index contributed by atoms with van der Waals surface area (Å²) in [6.07, 6.45) is 0. The van der Waals surface area contributed by atoms with Crippen molar-refractivity contribution < 1.29 is 9.53 Å². The molecule has 0 heterocycles. The number of amides is 1. The number of hydrogen-bond donors (Lipinski definition) is 2.